The van der Waals surface area contributed by atoms with E-state index in [4.69, 9.17) is 0 Å². The van der Waals surface area contributed by atoms with Gasteiger partial charge in [0.15, 0.2) is 0 Å². The highest BCUT2D eigenvalue weighted by Crippen LogP contribution is 2.57. The monoisotopic (exact) mass is 842 g/mol. The van der Waals surface area contributed by atoms with Crippen LogP contribution in [0.25, 0.3) is 60.9 Å². The number of rotatable bonds is 7. The Kier molecular flexibility index (Phi) is 8.51. The molecule has 312 valence electrons. The van der Waals surface area contributed by atoms with Gasteiger partial charge in [0.25, 0.3) is 0 Å². The second-order valence-electron chi connectivity index (χ2n) is 18.5. The lowest BCUT2D eigenvalue weighted by Gasteiger charge is -2.34. The molecule has 2 aliphatic carbocycles. The van der Waals surface area contributed by atoms with Gasteiger partial charge in [-0.15, -0.1) is 0 Å². The standard InChI is InChI=1S/C64H46N2/c1-63(2)57-27-15-12-24-51(57)54-37-36-50(42-60(54)63)65(47-20-8-4-9-21-47)49-34-30-43(31-35-49)44-32-38-61-55(40-44)56-41-46(33-39-62(56)66(61)48-22-10-5-11-23-48)64(45-18-6-3-7-19-45)58-28-16-13-25-52(58)53-26-14-17-29-59(53)64/h3-42H,1-2H3. The van der Waals surface area contributed by atoms with E-state index in [2.05, 4.69) is 266 Å². The molecule has 0 aliphatic heterocycles. The third-order valence-electron chi connectivity index (χ3n) is 14.7. The van der Waals surface area contributed by atoms with Crippen LogP contribution in [0.3, 0.4) is 0 Å². The van der Waals surface area contributed by atoms with E-state index in [9.17, 15) is 0 Å². The van der Waals surface area contributed by atoms with E-state index >= 15 is 0 Å². The number of benzene rings is 10. The molecule has 0 atom stereocenters. The molecule has 1 heterocycles. The summed E-state index contributed by atoms with van der Waals surface area (Å²) in [7, 11) is 0. The van der Waals surface area contributed by atoms with Crippen molar-refractivity contribution in [3.63, 3.8) is 0 Å². The summed E-state index contributed by atoms with van der Waals surface area (Å²) in [5, 5.41) is 2.46. The van der Waals surface area contributed by atoms with Crippen molar-refractivity contribution < 1.29 is 0 Å². The third-order valence-corrected chi connectivity index (χ3v) is 14.7. The minimum Gasteiger partial charge on any atom is -0.310 e. The highest BCUT2D eigenvalue weighted by atomic mass is 15.1. The van der Waals surface area contributed by atoms with E-state index in [0.29, 0.717) is 0 Å². The van der Waals surface area contributed by atoms with Crippen molar-refractivity contribution >= 4 is 38.9 Å². The van der Waals surface area contributed by atoms with Gasteiger partial charge < -0.3 is 9.47 Å². The van der Waals surface area contributed by atoms with Gasteiger partial charge in [0.05, 0.1) is 16.4 Å². The zero-order chi connectivity index (χ0) is 44.0. The average molecular weight is 843 g/mol. The van der Waals surface area contributed by atoms with Crippen molar-refractivity contribution in [3.8, 4) is 39.1 Å². The Balaban J connectivity index is 0.968. The van der Waals surface area contributed by atoms with Crippen molar-refractivity contribution in [2.24, 2.45) is 0 Å². The first-order valence-electron chi connectivity index (χ1n) is 23.1. The molecule has 2 heteroatoms. The van der Waals surface area contributed by atoms with Gasteiger partial charge in [0, 0.05) is 38.9 Å². The predicted molar refractivity (Wildman–Crippen MR) is 276 cm³/mol. The minimum absolute atomic E-state index is 0.0919. The fourth-order valence-electron chi connectivity index (χ4n) is 11.7. The largest absolute Gasteiger partial charge is 0.310 e. The van der Waals surface area contributed by atoms with E-state index in [0.717, 1.165) is 22.7 Å². The van der Waals surface area contributed by atoms with E-state index in [1.807, 2.05) is 0 Å². The summed E-state index contributed by atoms with van der Waals surface area (Å²) in [6.45, 7) is 4.71. The zero-order valence-electron chi connectivity index (χ0n) is 37.0. The Bertz CT molecular complexity index is 3610. The molecule has 2 aliphatic rings. The maximum Gasteiger partial charge on any atom is 0.0713 e. The molecule has 0 N–H and O–H groups in total. The maximum absolute atomic E-state index is 2.49. The van der Waals surface area contributed by atoms with Crippen LogP contribution in [0.4, 0.5) is 17.1 Å². The molecule has 0 fully saturated rings. The molecule has 10 aromatic carbocycles. The second kappa shape index (κ2) is 14.7. The number of nitrogens with zero attached hydrogens (tertiary/aromatic N) is 2. The molecule has 0 saturated carbocycles. The summed E-state index contributed by atoms with van der Waals surface area (Å²) < 4.78 is 2.43. The molecule has 0 radical (unpaired) electrons. The van der Waals surface area contributed by atoms with Gasteiger partial charge in [-0.25, -0.2) is 0 Å². The fourth-order valence-corrected chi connectivity index (χ4v) is 11.7. The predicted octanol–water partition coefficient (Wildman–Crippen LogP) is 16.6. The Labute approximate surface area is 386 Å². The van der Waals surface area contributed by atoms with Gasteiger partial charge in [-0.1, -0.05) is 184 Å². The van der Waals surface area contributed by atoms with E-state index in [1.54, 1.807) is 0 Å². The normalized spacial score (nSPS) is 13.8. The third kappa shape index (κ3) is 5.55. The van der Waals surface area contributed by atoms with Crippen LogP contribution in [0.1, 0.15) is 47.2 Å². The summed E-state index contributed by atoms with van der Waals surface area (Å²) in [5.41, 5.74) is 21.9. The molecule has 0 unspecified atom stereocenters. The fraction of sp³-hybridized carbons (Fsp3) is 0.0625. The van der Waals surface area contributed by atoms with Crippen LogP contribution in [0, 0.1) is 0 Å². The van der Waals surface area contributed by atoms with Gasteiger partial charge in [-0.05, 0) is 140 Å². The van der Waals surface area contributed by atoms with Crippen LogP contribution in [0.5, 0.6) is 0 Å². The van der Waals surface area contributed by atoms with E-state index < -0.39 is 5.41 Å². The number of para-hydroxylation sites is 2. The van der Waals surface area contributed by atoms with Gasteiger partial charge in [-0.3, -0.25) is 0 Å². The first-order valence-corrected chi connectivity index (χ1v) is 23.1. The van der Waals surface area contributed by atoms with Crippen molar-refractivity contribution in [1.82, 2.24) is 4.57 Å². The topological polar surface area (TPSA) is 8.17 Å². The number of aromatic nitrogens is 1. The minimum atomic E-state index is -0.486. The number of fused-ring (bicyclic) bond motifs is 9. The number of anilines is 3. The van der Waals surface area contributed by atoms with Crippen molar-refractivity contribution in [2.75, 3.05) is 4.90 Å². The Morgan fingerprint density at radius 2 is 0.818 bits per heavy atom. The molecule has 66 heavy (non-hydrogen) atoms. The van der Waals surface area contributed by atoms with Gasteiger partial charge in [0.2, 0.25) is 0 Å². The average Bonchev–Trinajstić information content (AvgIpc) is 3.95. The van der Waals surface area contributed by atoms with Crippen LogP contribution in [-0.2, 0) is 10.8 Å². The van der Waals surface area contributed by atoms with Gasteiger partial charge in [0.1, 0.15) is 0 Å². The molecule has 11 aromatic rings. The highest BCUT2D eigenvalue weighted by Gasteiger charge is 2.46. The van der Waals surface area contributed by atoms with E-state index in [-0.39, 0.29) is 5.41 Å². The first-order chi connectivity index (χ1) is 32.5. The molecule has 2 nitrogen and oxygen atoms in total. The van der Waals surface area contributed by atoms with Crippen molar-refractivity contribution in [1.29, 1.82) is 0 Å². The maximum atomic E-state index is 2.49. The molecule has 0 saturated heterocycles. The first kappa shape index (κ1) is 38.3. The number of hydrogen-bond donors (Lipinski definition) is 0. The molecular weight excluding hydrogens is 797 g/mol. The molecule has 0 amide bonds. The zero-order valence-corrected chi connectivity index (χ0v) is 37.0. The lowest BCUT2D eigenvalue weighted by Crippen LogP contribution is -2.28. The van der Waals surface area contributed by atoms with E-state index in [1.165, 1.54) is 88.6 Å². The molecule has 0 bridgehead atoms. The highest BCUT2D eigenvalue weighted by molar-refractivity contribution is 6.11. The summed E-state index contributed by atoms with van der Waals surface area (Å²) in [5.74, 6) is 0. The summed E-state index contributed by atoms with van der Waals surface area (Å²) in [4.78, 5) is 2.39. The SMILES string of the molecule is CC1(C)c2ccccc2-c2ccc(N(c3ccccc3)c3ccc(-c4ccc5c(c4)c4cc(C6(c7ccccc7)c7ccccc7-c7ccccc76)ccc4n5-c4ccccc4)cc3)cc21. The smallest absolute Gasteiger partial charge is 0.0713 e. The van der Waals surface area contributed by atoms with Crippen LogP contribution >= 0.6 is 0 Å². The second-order valence-corrected chi connectivity index (χ2v) is 18.5. The Morgan fingerprint density at radius 1 is 0.333 bits per heavy atom. The lowest BCUT2D eigenvalue weighted by molar-refractivity contribution is 0.660. The quantitative estimate of drug-likeness (QED) is 0.155. The van der Waals surface area contributed by atoms with Crippen LogP contribution < -0.4 is 4.90 Å². The van der Waals surface area contributed by atoms with Crippen LogP contribution in [-0.4, -0.2) is 4.57 Å². The summed E-state index contributed by atoms with van der Waals surface area (Å²) >= 11 is 0. The van der Waals surface area contributed by atoms with Gasteiger partial charge >= 0.3 is 0 Å². The Hall–Kier alpha value is -8.20. The molecule has 13 rings (SSSR count). The van der Waals surface area contributed by atoms with Crippen LogP contribution in [0.2, 0.25) is 0 Å². The van der Waals surface area contributed by atoms with Crippen LogP contribution in [0.15, 0.2) is 243 Å². The lowest BCUT2D eigenvalue weighted by atomic mass is 9.67. The molecule has 0 spiro atoms. The number of hydrogen-bond acceptors (Lipinski definition) is 1. The van der Waals surface area contributed by atoms with Gasteiger partial charge in [-0.2, -0.15) is 0 Å². The molecule has 1 aromatic heterocycles. The van der Waals surface area contributed by atoms with Crippen molar-refractivity contribution in [2.45, 2.75) is 24.7 Å². The Morgan fingerprint density at radius 3 is 1.48 bits per heavy atom. The molecular formula is C64H46N2. The summed E-state index contributed by atoms with van der Waals surface area (Å²) in [6, 6.07) is 89.9. The van der Waals surface area contributed by atoms with Crippen molar-refractivity contribution in [3.05, 3.63) is 276 Å². The summed E-state index contributed by atoms with van der Waals surface area (Å²) in [6.07, 6.45) is 0.